The zero-order valence-corrected chi connectivity index (χ0v) is 14.2. The maximum absolute atomic E-state index is 10.7. The molecule has 128 valence electrons. The first-order valence-electron chi connectivity index (χ1n) is 8.50. The summed E-state index contributed by atoms with van der Waals surface area (Å²) in [6.45, 7) is 2.69. The molecule has 0 unspecified atom stereocenters. The molecule has 0 fully saturated rings. The third kappa shape index (κ3) is 3.55. The van der Waals surface area contributed by atoms with Crippen molar-refractivity contribution in [2.75, 3.05) is 20.3 Å². The van der Waals surface area contributed by atoms with E-state index in [-0.39, 0.29) is 6.61 Å². The van der Waals surface area contributed by atoms with Crippen LogP contribution in [0.1, 0.15) is 28.7 Å². The van der Waals surface area contributed by atoms with E-state index in [0.717, 1.165) is 48.5 Å². The van der Waals surface area contributed by atoms with Crippen LogP contribution in [0.5, 0.6) is 11.5 Å². The number of phenols is 1. The lowest BCUT2D eigenvalue weighted by atomic mass is 10.00. The van der Waals surface area contributed by atoms with Crippen LogP contribution in [-0.4, -0.2) is 35.4 Å². The van der Waals surface area contributed by atoms with Gasteiger partial charge < -0.3 is 14.9 Å². The van der Waals surface area contributed by atoms with E-state index < -0.39 is 0 Å². The van der Waals surface area contributed by atoms with Crippen molar-refractivity contribution < 1.29 is 14.9 Å². The predicted molar refractivity (Wildman–Crippen MR) is 94.3 cm³/mol. The number of benzene rings is 2. The minimum absolute atomic E-state index is 0.114. The Morgan fingerprint density at radius 3 is 2.62 bits per heavy atom. The van der Waals surface area contributed by atoms with E-state index in [1.165, 1.54) is 5.56 Å². The molecule has 0 aromatic heterocycles. The maximum Gasteiger partial charge on any atom is 0.127 e. The van der Waals surface area contributed by atoms with Crippen molar-refractivity contribution >= 4 is 0 Å². The van der Waals surface area contributed by atoms with Gasteiger partial charge in [-0.05, 0) is 36.5 Å². The minimum atomic E-state index is 0.114. The van der Waals surface area contributed by atoms with Crippen LogP contribution in [0.15, 0.2) is 36.4 Å². The van der Waals surface area contributed by atoms with Gasteiger partial charge in [-0.2, -0.15) is 0 Å². The van der Waals surface area contributed by atoms with Crippen molar-refractivity contribution in [3.63, 3.8) is 0 Å². The summed E-state index contributed by atoms with van der Waals surface area (Å²) in [6, 6.07) is 12.5. The summed E-state index contributed by atoms with van der Waals surface area (Å²) in [4.78, 5) is 2.35. The molecular weight excluding hydrogens is 302 g/mol. The molecule has 24 heavy (non-hydrogen) atoms. The number of fused-ring (bicyclic) bond motifs is 1. The number of hydrogen-bond acceptors (Lipinski definition) is 4. The normalized spacial score (nSPS) is 13.9. The number of rotatable bonds is 7. The largest absolute Gasteiger partial charge is 0.507 e. The summed E-state index contributed by atoms with van der Waals surface area (Å²) >= 11 is 0. The van der Waals surface area contributed by atoms with Gasteiger partial charge in [0.25, 0.3) is 0 Å². The predicted octanol–water partition coefficient (Wildman–Crippen LogP) is 2.88. The lowest BCUT2D eigenvalue weighted by Crippen LogP contribution is -2.19. The van der Waals surface area contributed by atoms with Crippen molar-refractivity contribution in [2.45, 2.75) is 32.4 Å². The van der Waals surface area contributed by atoms with E-state index in [0.29, 0.717) is 18.6 Å². The number of aliphatic hydroxyl groups excluding tert-OH is 1. The molecule has 0 aliphatic carbocycles. The van der Waals surface area contributed by atoms with E-state index in [1.807, 2.05) is 12.1 Å². The lowest BCUT2D eigenvalue weighted by molar-refractivity contribution is 0.284. The first kappa shape index (κ1) is 16.8. The van der Waals surface area contributed by atoms with Crippen molar-refractivity contribution in [1.82, 2.24) is 4.90 Å². The van der Waals surface area contributed by atoms with Gasteiger partial charge in [0.1, 0.15) is 11.5 Å². The standard InChI is InChI=1S/C20H25NO3/c1-24-19-12-16-13-21(10-9-15-6-3-2-4-7-15)14-18(16)20(23)17(19)8-5-11-22/h2-4,6-7,12,22-23H,5,8-11,13-14H2,1H3. The zero-order valence-electron chi connectivity index (χ0n) is 14.2. The fourth-order valence-corrected chi connectivity index (χ4v) is 3.39. The molecule has 0 amide bonds. The maximum atomic E-state index is 10.7. The van der Waals surface area contributed by atoms with Gasteiger partial charge in [0, 0.05) is 37.4 Å². The van der Waals surface area contributed by atoms with Crippen LogP contribution in [0, 0.1) is 0 Å². The summed E-state index contributed by atoms with van der Waals surface area (Å²) in [5.41, 5.74) is 4.30. The Morgan fingerprint density at radius 1 is 1.12 bits per heavy atom. The molecule has 1 aliphatic heterocycles. The van der Waals surface area contributed by atoms with Crippen LogP contribution in [0.25, 0.3) is 0 Å². The van der Waals surface area contributed by atoms with Gasteiger partial charge in [-0.15, -0.1) is 0 Å². The van der Waals surface area contributed by atoms with Gasteiger partial charge in [-0.3, -0.25) is 4.90 Å². The fraction of sp³-hybridized carbons (Fsp3) is 0.400. The highest BCUT2D eigenvalue weighted by molar-refractivity contribution is 5.55. The van der Waals surface area contributed by atoms with E-state index >= 15 is 0 Å². The molecule has 0 radical (unpaired) electrons. The highest BCUT2D eigenvalue weighted by atomic mass is 16.5. The molecule has 2 aromatic rings. The summed E-state index contributed by atoms with van der Waals surface area (Å²) in [6.07, 6.45) is 2.26. The van der Waals surface area contributed by atoms with Crippen LogP contribution in [0.4, 0.5) is 0 Å². The van der Waals surface area contributed by atoms with E-state index in [9.17, 15) is 5.11 Å². The molecular formula is C20H25NO3. The Morgan fingerprint density at radius 2 is 1.92 bits per heavy atom. The number of aromatic hydroxyl groups is 1. The Labute approximate surface area is 143 Å². The molecule has 1 aliphatic rings. The van der Waals surface area contributed by atoms with Gasteiger partial charge in [0.05, 0.1) is 7.11 Å². The highest BCUT2D eigenvalue weighted by Gasteiger charge is 2.25. The Hall–Kier alpha value is -2.04. The van der Waals surface area contributed by atoms with Crippen LogP contribution in [0.2, 0.25) is 0 Å². The molecule has 2 N–H and O–H groups in total. The average molecular weight is 327 g/mol. The second-order valence-electron chi connectivity index (χ2n) is 6.32. The fourth-order valence-electron chi connectivity index (χ4n) is 3.39. The third-order valence-corrected chi connectivity index (χ3v) is 4.70. The molecule has 4 heteroatoms. The number of methoxy groups -OCH3 is 1. The molecule has 3 rings (SSSR count). The summed E-state index contributed by atoms with van der Waals surface area (Å²) < 4.78 is 5.45. The summed E-state index contributed by atoms with van der Waals surface area (Å²) in [5.74, 6) is 1.07. The van der Waals surface area contributed by atoms with E-state index in [1.54, 1.807) is 7.11 Å². The third-order valence-electron chi connectivity index (χ3n) is 4.70. The molecule has 1 heterocycles. The Balaban J connectivity index is 1.73. The van der Waals surface area contributed by atoms with Gasteiger partial charge in [0.2, 0.25) is 0 Å². The van der Waals surface area contributed by atoms with Gasteiger partial charge >= 0.3 is 0 Å². The molecule has 0 atom stereocenters. The topological polar surface area (TPSA) is 52.9 Å². The first-order chi connectivity index (χ1) is 11.7. The monoisotopic (exact) mass is 327 g/mol. The van der Waals surface area contributed by atoms with Gasteiger partial charge in [-0.1, -0.05) is 30.3 Å². The van der Waals surface area contributed by atoms with Crippen LogP contribution in [0.3, 0.4) is 0 Å². The SMILES string of the molecule is COc1cc2c(c(O)c1CCCO)CN(CCc1ccccc1)C2. The Bertz CT molecular complexity index is 685. The van der Waals surface area contributed by atoms with Crippen molar-refractivity contribution in [1.29, 1.82) is 0 Å². The van der Waals surface area contributed by atoms with Gasteiger partial charge in [-0.25, -0.2) is 0 Å². The van der Waals surface area contributed by atoms with Crippen molar-refractivity contribution in [3.05, 3.63) is 58.7 Å². The van der Waals surface area contributed by atoms with Gasteiger partial charge in [0.15, 0.2) is 0 Å². The molecule has 0 bridgehead atoms. The molecule has 2 aromatic carbocycles. The minimum Gasteiger partial charge on any atom is -0.507 e. The van der Waals surface area contributed by atoms with Crippen LogP contribution < -0.4 is 4.74 Å². The van der Waals surface area contributed by atoms with Crippen LogP contribution in [-0.2, 0) is 25.9 Å². The van der Waals surface area contributed by atoms with Crippen molar-refractivity contribution in [2.24, 2.45) is 0 Å². The average Bonchev–Trinajstić information content (AvgIpc) is 3.03. The molecule has 0 spiro atoms. The van der Waals surface area contributed by atoms with E-state index in [2.05, 4.69) is 29.2 Å². The number of aliphatic hydroxyl groups is 1. The molecule has 0 saturated heterocycles. The second kappa shape index (κ2) is 7.69. The lowest BCUT2D eigenvalue weighted by Gasteiger charge is -2.14. The first-order valence-corrected chi connectivity index (χ1v) is 8.50. The number of hydrogen-bond donors (Lipinski definition) is 2. The summed E-state index contributed by atoms with van der Waals surface area (Å²) in [7, 11) is 1.63. The highest BCUT2D eigenvalue weighted by Crippen LogP contribution is 2.39. The van der Waals surface area contributed by atoms with Crippen LogP contribution >= 0.6 is 0 Å². The molecule has 0 saturated carbocycles. The van der Waals surface area contributed by atoms with E-state index in [4.69, 9.17) is 9.84 Å². The number of ether oxygens (including phenoxy) is 1. The summed E-state index contributed by atoms with van der Waals surface area (Å²) in [5, 5.41) is 19.7. The Kier molecular flexibility index (Phi) is 5.38. The number of nitrogens with zero attached hydrogens (tertiary/aromatic N) is 1. The molecule has 4 nitrogen and oxygen atoms in total. The number of phenolic OH excluding ortho intramolecular Hbond substituents is 1. The smallest absolute Gasteiger partial charge is 0.127 e. The van der Waals surface area contributed by atoms with Crippen molar-refractivity contribution in [3.8, 4) is 11.5 Å². The zero-order chi connectivity index (χ0) is 16.9. The quantitative estimate of drug-likeness (QED) is 0.821. The second-order valence-corrected chi connectivity index (χ2v) is 6.32.